The number of carbonyl (C=O) groups is 1. The van der Waals surface area contributed by atoms with Gasteiger partial charge in [-0.1, -0.05) is 0 Å². The van der Waals surface area contributed by atoms with Gasteiger partial charge in [0.1, 0.15) is 5.60 Å². The third kappa shape index (κ3) is 3.59. The fraction of sp³-hybridized carbons (Fsp3) is 0.941. The highest BCUT2D eigenvalue weighted by Gasteiger charge is 2.54. The SMILES string of the molecule is CN(C1CC1)C1CC2(C1)CN(CCC(=O)OC(C)(C)C)C2. The quantitative estimate of drug-likeness (QED) is 0.728. The highest BCUT2D eigenvalue weighted by Crippen LogP contribution is 2.51. The van der Waals surface area contributed by atoms with E-state index in [1.807, 2.05) is 20.8 Å². The van der Waals surface area contributed by atoms with Crippen molar-refractivity contribution in [1.82, 2.24) is 9.80 Å². The molecule has 0 aromatic heterocycles. The average Bonchev–Trinajstić information content (AvgIpc) is 3.04. The fourth-order valence-corrected chi connectivity index (χ4v) is 3.97. The zero-order chi connectivity index (χ0) is 15.3. The van der Waals surface area contributed by atoms with Crippen LogP contribution in [0, 0.1) is 5.41 Å². The molecule has 4 nitrogen and oxygen atoms in total. The highest BCUT2D eigenvalue weighted by molar-refractivity contribution is 5.70. The van der Waals surface area contributed by atoms with Crippen LogP contribution >= 0.6 is 0 Å². The van der Waals surface area contributed by atoms with E-state index in [0.717, 1.165) is 18.6 Å². The minimum absolute atomic E-state index is 0.0663. The zero-order valence-electron chi connectivity index (χ0n) is 14.0. The molecular weight excluding hydrogens is 264 g/mol. The molecule has 2 saturated carbocycles. The van der Waals surface area contributed by atoms with Crippen LogP contribution in [0.1, 0.15) is 52.9 Å². The molecule has 0 unspecified atom stereocenters. The zero-order valence-corrected chi connectivity index (χ0v) is 14.0. The van der Waals surface area contributed by atoms with Gasteiger partial charge in [-0.2, -0.15) is 0 Å². The van der Waals surface area contributed by atoms with E-state index in [4.69, 9.17) is 4.74 Å². The summed E-state index contributed by atoms with van der Waals surface area (Å²) in [4.78, 5) is 16.7. The Morgan fingerprint density at radius 3 is 2.38 bits per heavy atom. The van der Waals surface area contributed by atoms with Crippen molar-refractivity contribution in [2.24, 2.45) is 5.41 Å². The molecule has 1 heterocycles. The molecule has 21 heavy (non-hydrogen) atoms. The molecule has 0 amide bonds. The number of esters is 1. The van der Waals surface area contributed by atoms with Gasteiger partial charge in [-0.25, -0.2) is 0 Å². The van der Waals surface area contributed by atoms with Gasteiger partial charge in [-0.05, 0) is 58.9 Å². The van der Waals surface area contributed by atoms with E-state index >= 15 is 0 Å². The van der Waals surface area contributed by atoms with Gasteiger partial charge < -0.3 is 14.5 Å². The fourth-order valence-electron chi connectivity index (χ4n) is 3.97. The van der Waals surface area contributed by atoms with Crippen LogP contribution in [0.2, 0.25) is 0 Å². The van der Waals surface area contributed by atoms with Crippen LogP contribution in [0.15, 0.2) is 0 Å². The Labute approximate surface area is 128 Å². The van der Waals surface area contributed by atoms with Gasteiger partial charge in [0.2, 0.25) is 0 Å². The summed E-state index contributed by atoms with van der Waals surface area (Å²) >= 11 is 0. The van der Waals surface area contributed by atoms with Gasteiger partial charge in [0.15, 0.2) is 0 Å². The molecule has 3 fully saturated rings. The summed E-state index contributed by atoms with van der Waals surface area (Å²) in [6.45, 7) is 9.01. The van der Waals surface area contributed by atoms with Gasteiger partial charge in [-0.3, -0.25) is 4.79 Å². The lowest BCUT2D eigenvalue weighted by Crippen LogP contribution is -2.66. The number of hydrogen-bond acceptors (Lipinski definition) is 4. The molecule has 0 radical (unpaired) electrons. The van der Waals surface area contributed by atoms with Crippen LogP contribution in [-0.2, 0) is 9.53 Å². The van der Waals surface area contributed by atoms with Crippen molar-refractivity contribution in [3.63, 3.8) is 0 Å². The Bertz CT molecular complexity index is 398. The summed E-state index contributed by atoms with van der Waals surface area (Å²) in [5, 5.41) is 0. The standard InChI is InChI=1S/C17H30N2O2/c1-16(2,3)21-15(20)7-8-19-11-17(12-19)9-14(10-17)18(4)13-5-6-13/h13-14H,5-12H2,1-4H3. The smallest absolute Gasteiger partial charge is 0.307 e. The van der Waals surface area contributed by atoms with Crippen molar-refractivity contribution in [3.05, 3.63) is 0 Å². The third-order valence-electron chi connectivity index (χ3n) is 5.21. The first-order valence-electron chi connectivity index (χ1n) is 8.43. The second-order valence-electron chi connectivity index (χ2n) is 8.51. The van der Waals surface area contributed by atoms with Crippen molar-refractivity contribution in [3.8, 4) is 0 Å². The molecule has 3 rings (SSSR count). The summed E-state index contributed by atoms with van der Waals surface area (Å²) in [7, 11) is 2.30. The van der Waals surface area contributed by atoms with E-state index < -0.39 is 0 Å². The Morgan fingerprint density at radius 1 is 1.24 bits per heavy atom. The summed E-state index contributed by atoms with van der Waals surface area (Å²) in [6.07, 6.45) is 6.06. The molecular formula is C17H30N2O2. The predicted molar refractivity (Wildman–Crippen MR) is 83.1 cm³/mol. The van der Waals surface area contributed by atoms with E-state index in [1.165, 1.54) is 38.8 Å². The minimum atomic E-state index is -0.359. The van der Waals surface area contributed by atoms with E-state index in [1.54, 1.807) is 0 Å². The maximum atomic E-state index is 11.7. The van der Waals surface area contributed by atoms with Crippen LogP contribution in [0.25, 0.3) is 0 Å². The summed E-state index contributed by atoms with van der Waals surface area (Å²) in [5.41, 5.74) is 0.226. The average molecular weight is 294 g/mol. The minimum Gasteiger partial charge on any atom is -0.460 e. The number of rotatable bonds is 5. The maximum Gasteiger partial charge on any atom is 0.307 e. The largest absolute Gasteiger partial charge is 0.460 e. The van der Waals surface area contributed by atoms with Gasteiger partial charge in [0.25, 0.3) is 0 Å². The van der Waals surface area contributed by atoms with Gasteiger partial charge in [0.05, 0.1) is 6.42 Å². The third-order valence-corrected chi connectivity index (χ3v) is 5.21. The Hall–Kier alpha value is -0.610. The van der Waals surface area contributed by atoms with Crippen molar-refractivity contribution in [2.75, 3.05) is 26.7 Å². The Kier molecular flexibility index (Phi) is 3.81. The lowest BCUT2D eigenvalue weighted by Gasteiger charge is -2.61. The van der Waals surface area contributed by atoms with Crippen molar-refractivity contribution in [1.29, 1.82) is 0 Å². The number of ether oxygens (including phenoxy) is 1. The molecule has 1 saturated heterocycles. The van der Waals surface area contributed by atoms with E-state index in [0.29, 0.717) is 11.8 Å². The van der Waals surface area contributed by atoms with E-state index in [9.17, 15) is 4.79 Å². The molecule has 0 bridgehead atoms. The first-order chi connectivity index (χ1) is 9.76. The molecule has 4 heteroatoms. The van der Waals surface area contributed by atoms with Crippen molar-refractivity contribution >= 4 is 5.97 Å². The first-order valence-corrected chi connectivity index (χ1v) is 8.43. The topological polar surface area (TPSA) is 32.8 Å². The lowest BCUT2D eigenvalue weighted by atomic mass is 9.60. The Morgan fingerprint density at radius 2 is 1.86 bits per heavy atom. The van der Waals surface area contributed by atoms with Crippen LogP contribution in [0.3, 0.4) is 0 Å². The number of nitrogens with zero attached hydrogens (tertiary/aromatic N) is 2. The summed E-state index contributed by atoms with van der Waals surface area (Å²) < 4.78 is 5.36. The second-order valence-corrected chi connectivity index (χ2v) is 8.51. The molecule has 120 valence electrons. The maximum absolute atomic E-state index is 11.7. The summed E-state index contributed by atoms with van der Waals surface area (Å²) in [5.74, 6) is -0.0663. The van der Waals surface area contributed by atoms with Crippen LogP contribution in [0.4, 0.5) is 0 Å². The highest BCUT2D eigenvalue weighted by atomic mass is 16.6. The molecule has 2 aliphatic carbocycles. The van der Waals surface area contributed by atoms with Gasteiger partial charge >= 0.3 is 5.97 Å². The van der Waals surface area contributed by atoms with Crippen LogP contribution < -0.4 is 0 Å². The van der Waals surface area contributed by atoms with Crippen LogP contribution in [-0.4, -0.2) is 60.1 Å². The first kappa shape index (κ1) is 15.3. The molecule has 1 spiro atoms. The molecule has 0 atom stereocenters. The van der Waals surface area contributed by atoms with Crippen molar-refractivity contribution < 1.29 is 9.53 Å². The molecule has 0 N–H and O–H groups in total. The van der Waals surface area contributed by atoms with Crippen LogP contribution in [0.5, 0.6) is 0 Å². The van der Waals surface area contributed by atoms with Gasteiger partial charge in [0, 0.05) is 31.7 Å². The lowest BCUT2D eigenvalue weighted by molar-refractivity contribution is -0.157. The number of carbonyl (C=O) groups excluding carboxylic acids is 1. The summed E-state index contributed by atoms with van der Waals surface area (Å²) in [6, 6.07) is 1.71. The van der Waals surface area contributed by atoms with E-state index in [-0.39, 0.29) is 11.6 Å². The molecule has 0 aromatic rings. The molecule has 3 aliphatic rings. The molecule has 0 aromatic carbocycles. The number of likely N-dealkylation sites (tertiary alicyclic amines) is 1. The second kappa shape index (κ2) is 5.24. The normalized spacial score (nSPS) is 25.8. The van der Waals surface area contributed by atoms with Gasteiger partial charge in [-0.15, -0.1) is 0 Å². The van der Waals surface area contributed by atoms with E-state index in [2.05, 4.69) is 16.8 Å². The molecule has 1 aliphatic heterocycles. The predicted octanol–water partition coefficient (Wildman–Crippen LogP) is 2.28. The Balaban J connectivity index is 1.31. The monoisotopic (exact) mass is 294 g/mol. The van der Waals surface area contributed by atoms with Crippen molar-refractivity contribution in [2.45, 2.75) is 70.6 Å². The number of hydrogen-bond donors (Lipinski definition) is 0.